The van der Waals surface area contributed by atoms with Gasteiger partial charge in [-0.15, -0.1) is 0 Å². The number of benzene rings is 3. The molecule has 1 heterocycles. The third-order valence-electron chi connectivity index (χ3n) is 6.26. The summed E-state index contributed by atoms with van der Waals surface area (Å²) < 4.78 is 53.0. The number of carboxylic acids is 1. The van der Waals surface area contributed by atoms with Crippen LogP contribution in [0.3, 0.4) is 0 Å². The van der Waals surface area contributed by atoms with Crippen molar-refractivity contribution in [2.45, 2.75) is 32.0 Å². The van der Waals surface area contributed by atoms with Crippen LogP contribution in [0.25, 0.3) is 10.9 Å². The molecular formula is C29H26ClF3N2O5. The van der Waals surface area contributed by atoms with E-state index >= 15 is 0 Å². The van der Waals surface area contributed by atoms with E-state index in [9.17, 15) is 22.8 Å². The standard InChI is InChI=1S/C29H26ClF3N2O5/c1-17-12-19(29(31,32)33)13-25-24(17)9-10-35(25)28(38)27(18-5-7-20(30)8-6-18)34-21-14-22(39-2)16-23(15-21)40-11-3-4-26(36)37/h5-10,12-16,27,34H,3-4,11H2,1-2H3,(H,36,37). The highest BCUT2D eigenvalue weighted by atomic mass is 35.5. The maximum absolute atomic E-state index is 14.0. The summed E-state index contributed by atoms with van der Waals surface area (Å²) in [6.45, 7) is 1.71. The fourth-order valence-electron chi connectivity index (χ4n) is 4.30. The number of methoxy groups -OCH3 is 1. The Hall–Kier alpha value is -4.18. The first-order chi connectivity index (χ1) is 19.0. The fraction of sp³-hybridized carbons (Fsp3) is 0.241. The molecule has 1 unspecified atom stereocenters. The van der Waals surface area contributed by atoms with Crippen molar-refractivity contribution in [2.75, 3.05) is 19.0 Å². The van der Waals surface area contributed by atoms with E-state index in [2.05, 4.69) is 5.32 Å². The third-order valence-corrected chi connectivity index (χ3v) is 6.51. The maximum atomic E-state index is 14.0. The number of fused-ring (bicyclic) bond motifs is 1. The second-order valence-electron chi connectivity index (χ2n) is 9.12. The summed E-state index contributed by atoms with van der Waals surface area (Å²) in [5, 5.41) is 13.0. The Bertz CT molecular complexity index is 1530. The van der Waals surface area contributed by atoms with Crippen LogP contribution in [0.5, 0.6) is 11.5 Å². The van der Waals surface area contributed by atoms with Crippen molar-refractivity contribution in [2.24, 2.45) is 0 Å². The number of aliphatic carboxylic acids is 1. The number of nitrogens with one attached hydrogen (secondary N) is 1. The molecule has 0 saturated carbocycles. The Morgan fingerprint density at radius 3 is 2.40 bits per heavy atom. The molecule has 11 heteroatoms. The van der Waals surface area contributed by atoms with Gasteiger partial charge in [-0.3, -0.25) is 14.2 Å². The Kier molecular flexibility index (Phi) is 8.58. The third kappa shape index (κ3) is 6.69. The van der Waals surface area contributed by atoms with Gasteiger partial charge in [0.05, 0.1) is 24.8 Å². The molecule has 4 rings (SSSR count). The quantitative estimate of drug-likeness (QED) is 0.192. The average Bonchev–Trinajstić information content (AvgIpc) is 3.34. The molecule has 0 spiro atoms. The number of rotatable bonds is 10. The van der Waals surface area contributed by atoms with Crippen LogP contribution >= 0.6 is 11.6 Å². The van der Waals surface area contributed by atoms with E-state index in [4.69, 9.17) is 26.2 Å². The van der Waals surface area contributed by atoms with Crippen molar-refractivity contribution in [1.29, 1.82) is 0 Å². The first-order valence-electron chi connectivity index (χ1n) is 12.2. The van der Waals surface area contributed by atoms with Crippen LogP contribution in [0.2, 0.25) is 5.02 Å². The maximum Gasteiger partial charge on any atom is 0.416 e. The van der Waals surface area contributed by atoms with Crippen molar-refractivity contribution in [1.82, 2.24) is 4.57 Å². The Labute approximate surface area is 233 Å². The van der Waals surface area contributed by atoms with Crippen molar-refractivity contribution < 1.29 is 37.3 Å². The molecule has 4 aromatic rings. The molecular weight excluding hydrogens is 549 g/mol. The molecule has 3 aromatic carbocycles. The van der Waals surface area contributed by atoms with Gasteiger partial charge in [0.25, 0.3) is 5.91 Å². The summed E-state index contributed by atoms with van der Waals surface area (Å²) in [7, 11) is 1.46. The highest BCUT2D eigenvalue weighted by Gasteiger charge is 2.32. The lowest BCUT2D eigenvalue weighted by Crippen LogP contribution is -2.26. The summed E-state index contributed by atoms with van der Waals surface area (Å²) in [5.74, 6) is -0.664. The number of halogens is 4. The number of hydrogen-bond acceptors (Lipinski definition) is 5. The summed E-state index contributed by atoms with van der Waals surface area (Å²) in [6, 6.07) is 14.0. The van der Waals surface area contributed by atoms with Crippen LogP contribution < -0.4 is 14.8 Å². The summed E-state index contributed by atoms with van der Waals surface area (Å²) in [6.07, 6.45) is -2.89. The van der Waals surface area contributed by atoms with E-state index in [1.54, 1.807) is 55.5 Å². The zero-order valence-electron chi connectivity index (χ0n) is 21.6. The highest BCUT2D eigenvalue weighted by Crippen LogP contribution is 2.35. The molecule has 0 aliphatic heterocycles. The van der Waals surface area contributed by atoms with Crippen molar-refractivity contribution in [3.8, 4) is 11.5 Å². The van der Waals surface area contributed by atoms with Gasteiger partial charge in [0, 0.05) is 46.9 Å². The minimum atomic E-state index is -4.58. The number of nitrogens with zero attached hydrogens (tertiary/aromatic N) is 1. The van der Waals surface area contributed by atoms with Gasteiger partial charge in [-0.25, -0.2) is 0 Å². The van der Waals surface area contributed by atoms with Crippen molar-refractivity contribution >= 4 is 40.1 Å². The monoisotopic (exact) mass is 574 g/mol. The molecule has 0 radical (unpaired) electrons. The number of carboxylic acid groups (broad SMARTS) is 1. The van der Waals surface area contributed by atoms with Gasteiger partial charge < -0.3 is 19.9 Å². The van der Waals surface area contributed by atoms with Crippen molar-refractivity contribution in [3.63, 3.8) is 0 Å². The molecule has 0 amide bonds. The topological polar surface area (TPSA) is 89.8 Å². The predicted octanol–water partition coefficient (Wildman–Crippen LogP) is 7.37. The lowest BCUT2D eigenvalue weighted by Gasteiger charge is -2.22. The second kappa shape index (κ2) is 11.9. The van der Waals surface area contributed by atoms with Gasteiger partial charge in [0.2, 0.25) is 0 Å². The number of carbonyl (C=O) groups excluding carboxylic acids is 1. The number of hydrogen-bond donors (Lipinski definition) is 2. The lowest BCUT2D eigenvalue weighted by molar-refractivity contribution is -0.138. The number of anilines is 1. The largest absolute Gasteiger partial charge is 0.497 e. The molecule has 2 N–H and O–H groups in total. The first-order valence-corrected chi connectivity index (χ1v) is 12.6. The number of aryl methyl sites for hydroxylation is 1. The minimum absolute atomic E-state index is 0.0530. The van der Waals surface area contributed by atoms with Gasteiger partial charge in [0.1, 0.15) is 17.5 Å². The van der Waals surface area contributed by atoms with E-state index in [1.807, 2.05) is 0 Å². The van der Waals surface area contributed by atoms with Crippen LogP contribution in [-0.2, 0) is 11.0 Å². The Morgan fingerprint density at radius 1 is 1.05 bits per heavy atom. The predicted molar refractivity (Wildman–Crippen MR) is 145 cm³/mol. The lowest BCUT2D eigenvalue weighted by atomic mass is 10.0. The number of ether oxygens (including phenoxy) is 2. The Morgan fingerprint density at radius 2 is 1.75 bits per heavy atom. The number of carbonyl (C=O) groups is 2. The molecule has 40 heavy (non-hydrogen) atoms. The van der Waals surface area contributed by atoms with E-state index < -0.39 is 29.7 Å². The molecule has 1 atom stereocenters. The first kappa shape index (κ1) is 28.8. The van der Waals surface area contributed by atoms with Gasteiger partial charge in [-0.1, -0.05) is 23.7 Å². The summed E-state index contributed by atoms with van der Waals surface area (Å²) in [5.41, 5.74) is 0.631. The molecule has 7 nitrogen and oxygen atoms in total. The molecule has 1 aromatic heterocycles. The van der Waals surface area contributed by atoms with Crippen LogP contribution in [0.1, 0.15) is 40.4 Å². The zero-order chi connectivity index (χ0) is 29.0. The summed E-state index contributed by atoms with van der Waals surface area (Å²) >= 11 is 6.06. The Balaban J connectivity index is 1.73. The van der Waals surface area contributed by atoms with Gasteiger partial charge in [0.15, 0.2) is 0 Å². The second-order valence-corrected chi connectivity index (χ2v) is 9.56. The average molecular weight is 575 g/mol. The summed E-state index contributed by atoms with van der Waals surface area (Å²) in [4.78, 5) is 24.8. The zero-order valence-corrected chi connectivity index (χ0v) is 22.3. The van der Waals surface area contributed by atoms with E-state index in [0.29, 0.717) is 45.1 Å². The number of alkyl halides is 3. The van der Waals surface area contributed by atoms with Crippen LogP contribution in [0.4, 0.5) is 18.9 Å². The van der Waals surface area contributed by atoms with Gasteiger partial charge >= 0.3 is 12.1 Å². The molecule has 0 saturated heterocycles. The van der Waals surface area contributed by atoms with Crippen LogP contribution in [0, 0.1) is 6.92 Å². The molecule has 0 fully saturated rings. The fourth-order valence-corrected chi connectivity index (χ4v) is 4.43. The highest BCUT2D eigenvalue weighted by molar-refractivity contribution is 6.30. The smallest absolute Gasteiger partial charge is 0.416 e. The molecule has 0 aliphatic rings. The van der Waals surface area contributed by atoms with E-state index in [-0.39, 0.29) is 18.5 Å². The molecule has 0 bridgehead atoms. The van der Waals surface area contributed by atoms with E-state index in [1.165, 1.54) is 17.9 Å². The normalized spacial score (nSPS) is 12.2. The van der Waals surface area contributed by atoms with Crippen LogP contribution in [0.15, 0.2) is 66.9 Å². The molecule has 0 aliphatic carbocycles. The SMILES string of the molecule is COc1cc(NC(C(=O)n2ccc3c(C)cc(C(F)(F)F)cc32)c2ccc(Cl)cc2)cc(OCCCC(=O)O)c1. The van der Waals surface area contributed by atoms with Crippen molar-refractivity contribution in [3.05, 3.63) is 88.6 Å². The van der Waals surface area contributed by atoms with Gasteiger partial charge in [-0.2, -0.15) is 13.2 Å². The molecule has 210 valence electrons. The van der Waals surface area contributed by atoms with E-state index in [0.717, 1.165) is 12.1 Å². The van der Waals surface area contributed by atoms with Crippen LogP contribution in [-0.4, -0.2) is 35.3 Å². The number of aromatic nitrogens is 1. The minimum Gasteiger partial charge on any atom is -0.497 e. The van der Waals surface area contributed by atoms with Gasteiger partial charge in [-0.05, 0) is 54.8 Å².